The number of unbranched alkanes of at least 4 members (excludes halogenated alkanes) is 3. The molecule has 0 aliphatic carbocycles. The molecule has 0 aromatic rings. The summed E-state index contributed by atoms with van der Waals surface area (Å²) >= 11 is 11.0. The second-order valence-electron chi connectivity index (χ2n) is 3.52. The molecule has 1 N–H and O–H groups in total. The molecule has 0 fully saturated rings. The first-order chi connectivity index (χ1) is 8.74. The minimum Gasteiger partial charge on any atom is -0.393 e. The van der Waals surface area contributed by atoms with Crippen LogP contribution in [0.2, 0.25) is 0 Å². The SMILES string of the molecule is CCCCCCON=C(CCl)OC(=O)NCCCl. The van der Waals surface area contributed by atoms with Crippen LogP contribution in [0.25, 0.3) is 0 Å². The van der Waals surface area contributed by atoms with Crippen LogP contribution in [-0.2, 0) is 9.57 Å². The molecule has 0 aliphatic heterocycles. The van der Waals surface area contributed by atoms with Gasteiger partial charge in [-0.05, 0) is 12.8 Å². The van der Waals surface area contributed by atoms with Crippen molar-refractivity contribution in [2.24, 2.45) is 5.16 Å². The molecule has 0 rings (SSSR count). The van der Waals surface area contributed by atoms with Crippen LogP contribution in [0.1, 0.15) is 32.6 Å². The molecule has 0 unspecified atom stereocenters. The lowest BCUT2D eigenvalue weighted by atomic mass is 10.2. The average Bonchev–Trinajstić information content (AvgIpc) is 2.38. The standard InChI is InChI=1S/C11H20Cl2N2O3/c1-2-3-4-5-8-17-15-10(9-13)18-11(16)14-7-6-12/h2-9H2,1H3,(H,14,16). The zero-order chi connectivity index (χ0) is 13.6. The number of nitrogens with one attached hydrogen (secondary N) is 1. The van der Waals surface area contributed by atoms with Crippen molar-refractivity contribution < 1.29 is 14.4 Å². The van der Waals surface area contributed by atoms with Crippen molar-refractivity contribution in [1.82, 2.24) is 5.32 Å². The molecule has 0 saturated heterocycles. The van der Waals surface area contributed by atoms with E-state index in [-0.39, 0.29) is 11.8 Å². The van der Waals surface area contributed by atoms with Crippen LogP contribution in [0.5, 0.6) is 0 Å². The Bertz CT molecular complexity index is 250. The monoisotopic (exact) mass is 298 g/mol. The van der Waals surface area contributed by atoms with E-state index in [9.17, 15) is 4.79 Å². The van der Waals surface area contributed by atoms with Gasteiger partial charge < -0.3 is 14.9 Å². The van der Waals surface area contributed by atoms with E-state index in [2.05, 4.69) is 17.4 Å². The number of halogens is 2. The van der Waals surface area contributed by atoms with Crippen molar-refractivity contribution in [3.63, 3.8) is 0 Å². The summed E-state index contributed by atoms with van der Waals surface area (Å²) in [4.78, 5) is 16.2. The minimum atomic E-state index is -0.635. The molecule has 7 heteroatoms. The molecule has 0 atom stereocenters. The highest BCUT2D eigenvalue weighted by molar-refractivity contribution is 6.27. The Morgan fingerprint density at radius 2 is 2.06 bits per heavy atom. The highest BCUT2D eigenvalue weighted by Gasteiger charge is 2.07. The number of amides is 1. The molecule has 0 saturated carbocycles. The Morgan fingerprint density at radius 3 is 2.67 bits per heavy atom. The zero-order valence-corrected chi connectivity index (χ0v) is 12.1. The fraction of sp³-hybridized carbons (Fsp3) is 0.818. The number of nitrogens with zero attached hydrogens (tertiary/aromatic N) is 1. The maximum atomic E-state index is 11.2. The van der Waals surface area contributed by atoms with Gasteiger partial charge in [-0.3, -0.25) is 0 Å². The van der Waals surface area contributed by atoms with Gasteiger partial charge in [0.15, 0.2) is 0 Å². The van der Waals surface area contributed by atoms with E-state index >= 15 is 0 Å². The fourth-order valence-corrected chi connectivity index (χ4v) is 1.27. The van der Waals surface area contributed by atoms with Gasteiger partial charge in [0, 0.05) is 12.4 Å². The van der Waals surface area contributed by atoms with Crippen molar-refractivity contribution in [2.45, 2.75) is 32.6 Å². The summed E-state index contributed by atoms with van der Waals surface area (Å²) in [5.41, 5.74) is 0. The van der Waals surface area contributed by atoms with Gasteiger partial charge in [-0.15, -0.1) is 23.2 Å². The first-order valence-corrected chi connectivity index (χ1v) is 7.08. The number of rotatable bonds is 9. The van der Waals surface area contributed by atoms with Gasteiger partial charge in [0.1, 0.15) is 12.5 Å². The molecule has 18 heavy (non-hydrogen) atoms. The zero-order valence-electron chi connectivity index (χ0n) is 10.6. The number of carbonyl (C=O) groups excluding carboxylic acids is 1. The molecular formula is C11H20Cl2N2O3. The van der Waals surface area contributed by atoms with E-state index in [1.54, 1.807) is 0 Å². The molecule has 0 aromatic heterocycles. The predicted octanol–water partition coefficient (Wildman–Crippen LogP) is 3.10. The average molecular weight is 299 g/mol. The smallest absolute Gasteiger partial charge is 0.393 e. The maximum absolute atomic E-state index is 11.2. The summed E-state index contributed by atoms with van der Waals surface area (Å²) in [6, 6.07) is 0. The van der Waals surface area contributed by atoms with E-state index in [0.717, 1.165) is 12.8 Å². The number of hydrogen-bond donors (Lipinski definition) is 1. The van der Waals surface area contributed by atoms with Crippen molar-refractivity contribution in [3.05, 3.63) is 0 Å². The molecule has 1 amide bonds. The lowest BCUT2D eigenvalue weighted by molar-refractivity contribution is 0.129. The number of oxime groups is 1. The molecular weight excluding hydrogens is 279 g/mol. The Morgan fingerprint density at radius 1 is 1.28 bits per heavy atom. The largest absolute Gasteiger partial charge is 0.413 e. The van der Waals surface area contributed by atoms with E-state index in [1.807, 2.05) is 0 Å². The fourth-order valence-electron chi connectivity index (χ4n) is 1.07. The molecule has 0 aromatic carbocycles. The predicted molar refractivity (Wildman–Crippen MR) is 73.5 cm³/mol. The van der Waals surface area contributed by atoms with Gasteiger partial charge in [-0.2, -0.15) is 0 Å². The highest BCUT2D eigenvalue weighted by atomic mass is 35.5. The topological polar surface area (TPSA) is 59.9 Å². The Kier molecular flexibility index (Phi) is 12.3. The first kappa shape index (κ1) is 17.3. The summed E-state index contributed by atoms with van der Waals surface area (Å²) in [6.07, 6.45) is 3.72. The van der Waals surface area contributed by atoms with Crippen LogP contribution in [0.4, 0.5) is 4.79 Å². The second kappa shape index (κ2) is 12.8. The van der Waals surface area contributed by atoms with Crippen LogP contribution < -0.4 is 5.32 Å². The van der Waals surface area contributed by atoms with Crippen LogP contribution in [-0.4, -0.2) is 36.9 Å². The van der Waals surface area contributed by atoms with E-state index < -0.39 is 6.09 Å². The number of hydrogen-bond acceptors (Lipinski definition) is 4. The van der Waals surface area contributed by atoms with Crippen LogP contribution in [0.3, 0.4) is 0 Å². The normalized spacial score (nSPS) is 11.2. The molecule has 5 nitrogen and oxygen atoms in total. The van der Waals surface area contributed by atoms with Crippen LogP contribution in [0, 0.1) is 0 Å². The quantitative estimate of drug-likeness (QED) is 0.234. The maximum Gasteiger partial charge on any atom is 0.413 e. The van der Waals surface area contributed by atoms with Gasteiger partial charge in [-0.25, -0.2) is 4.79 Å². The first-order valence-electron chi connectivity index (χ1n) is 6.01. The van der Waals surface area contributed by atoms with Crippen molar-refractivity contribution >= 4 is 35.2 Å². The van der Waals surface area contributed by atoms with Gasteiger partial charge in [-0.1, -0.05) is 24.9 Å². The highest BCUT2D eigenvalue weighted by Crippen LogP contribution is 1.99. The molecule has 106 valence electrons. The van der Waals surface area contributed by atoms with Crippen molar-refractivity contribution in [3.8, 4) is 0 Å². The minimum absolute atomic E-state index is 0.0245. The van der Waals surface area contributed by atoms with Crippen LogP contribution in [0.15, 0.2) is 5.16 Å². The molecule has 0 heterocycles. The molecule has 0 bridgehead atoms. The lowest BCUT2D eigenvalue weighted by Crippen LogP contribution is -2.29. The Balaban J connectivity index is 3.75. The Labute approximate surface area is 118 Å². The summed E-state index contributed by atoms with van der Waals surface area (Å²) in [5, 5.41) is 6.08. The van der Waals surface area contributed by atoms with E-state index in [1.165, 1.54) is 12.8 Å². The van der Waals surface area contributed by atoms with Crippen molar-refractivity contribution in [2.75, 3.05) is 24.9 Å². The number of alkyl halides is 2. The second-order valence-corrected chi connectivity index (χ2v) is 4.16. The number of alkyl carbamates (subject to hydrolysis) is 1. The third kappa shape index (κ3) is 10.5. The number of carbonyl (C=O) groups is 1. The van der Waals surface area contributed by atoms with E-state index in [0.29, 0.717) is 19.0 Å². The van der Waals surface area contributed by atoms with Crippen molar-refractivity contribution in [1.29, 1.82) is 0 Å². The summed E-state index contributed by atoms with van der Waals surface area (Å²) < 4.78 is 4.81. The third-order valence-electron chi connectivity index (χ3n) is 1.94. The van der Waals surface area contributed by atoms with Gasteiger partial charge in [0.2, 0.25) is 0 Å². The third-order valence-corrected chi connectivity index (χ3v) is 2.36. The lowest BCUT2D eigenvalue weighted by Gasteiger charge is -2.05. The molecule has 0 aliphatic rings. The molecule has 0 radical (unpaired) electrons. The molecule has 0 spiro atoms. The van der Waals surface area contributed by atoms with Gasteiger partial charge in [0.25, 0.3) is 5.90 Å². The van der Waals surface area contributed by atoms with Crippen LogP contribution >= 0.6 is 23.2 Å². The Hall–Kier alpha value is -0.680. The summed E-state index contributed by atoms with van der Waals surface area (Å²) in [5.74, 6) is 0.332. The van der Waals surface area contributed by atoms with Gasteiger partial charge >= 0.3 is 6.09 Å². The van der Waals surface area contributed by atoms with E-state index in [4.69, 9.17) is 32.8 Å². The summed E-state index contributed by atoms with van der Waals surface area (Å²) in [7, 11) is 0. The summed E-state index contributed by atoms with van der Waals surface area (Å²) in [6.45, 7) is 2.96. The number of ether oxygens (including phenoxy) is 1. The van der Waals surface area contributed by atoms with Gasteiger partial charge in [0.05, 0.1) is 0 Å².